The van der Waals surface area contributed by atoms with Gasteiger partial charge in [0.15, 0.2) is 5.78 Å². The van der Waals surface area contributed by atoms with Crippen molar-refractivity contribution < 1.29 is 4.79 Å². The van der Waals surface area contributed by atoms with Crippen LogP contribution in [0.3, 0.4) is 0 Å². The van der Waals surface area contributed by atoms with Crippen LogP contribution in [0.2, 0.25) is 0 Å². The third kappa shape index (κ3) is 2.06. The van der Waals surface area contributed by atoms with E-state index in [9.17, 15) is 4.79 Å². The monoisotopic (exact) mass is 195 g/mol. The molecule has 80 valence electrons. The molecule has 1 atom stereocenters. The lowest BCUT2D eigenvalue weighted by molar-refractivity contribution is -0.129. The van der Waals surface area contributed by atoms with E-state index in [0.717, 1.165) is 19.5 Å². The van der Waals surface area contributed by atoms with Gasteiger partial charge in [0.05, 0.1) is 5.54 Å². The first-order valence-electron chi connectivity index (χ1n) is 5.54. The molecule has 0 aromatic carbocycles. The molecule has 14 heavy (non-hydrogen) atoms. The van der Waals surface area contributed by atoms with Gasteiger partial charge in [-0.2, -0.15) is 0 Å². The van der Waals surface area contributed by atoms with E-state index in [1.165, 1.54) is 12.8 Å². The first-order valence-corrected chi connectivity index (χ1v) is 5.54. The van der Waals surface area contributed by atoms with Crippen molar-refractivity contribution in [2.45, 2.75) is 45.1 Å². The molecule has 0 saturated carbocycles. The summed E-state index contributed by atoms with van der Waals surface area (Å²) in [6.45, 7) is 9.96. The van der Waals surface area contributed by atoms with Crippen molar-refractivity contribution in [1.82, 2.24) is 4.90 Å². The predicted molar refractivity (Wildman–Crippen MR) is 59.3 cm³/mol. The first kappa shape index (κ1) is 11.4. The first-order chi connectivity index (χ1) is 6.65. The average molecular weight is 195 g/mol. The van der Waals surface area contributed by atoms with E-state index in [1.807, 2.05) is 0 Å². The van der Waals surface area contributed by atoms with Crippen molar-refractivity contribution in [1.29, 1.82) is 0 Å². The molecule has 0 spiro atoms. The van der Waals surface area contributed by atoms with Crippen molar-refractivity contribution in [3.63, 3.8) is 0 Å². The maximum atomic E-state index is 12.0. The molecule has 0 aliphatic carbocycles. The molecule has 1 heterocycles. The second-order valence-corrected chi connectivity index (χ2v) is 4.24. The summed E-state index contributed by atoms with van der Waals surface area (Å²) in [5.41, 5.74) is -0.245. The van der Waals surface area contributed by atoms with E-state index >= 15 is 0 Å². The van der Waals surface area contributed by atoms with Crippen LogP contribution in [-0.4, -0.2) is 29.3 Å². The lowest BCUT2D eigenvalue weighted by Gasteiger charge is -2.36. The van der Waals surface area contributed by atoms with E-state index in [2.05, 4.69) is 25.3 Å². The van der Waals surface area contributed by atoms with Gasteiger partial charge in [0, 0.05) is 6.42 Å². The number of nitrogens with zero attached hydrogens (tertiary/aromatic N) is 1. The van der Waals surface area contributed by atoms with Gasteiger partial charge in [-0.1, -0.05) is 13.0 Å². The molecule has 0 N–H and O–H groups in total. The molecule has 1 aliphatic rings. The number of ketones is 1. The molecule has 2 nitrogen and oxygen atoms in total. The highest BCUT2D eigenvalue weighted by atomic mass is 16.1. The van der Waals surface area contributed by atoms with Crippen LogP contribution in [0.5, 0.6) is 0 Å². The van der Waals surface area contributed by atoms with Gasteiger partial charge in [-0.3, -0.25) is 9.69 Å². The quantitative estimate of drug-likeness (QED) is 0.628. The maximum absolute atomic E-state index is 12.0. The molecule has 1 fully saturated rings. The van der Waals surface area contributed by atoms with E-state index in [4.69, 9.17) is 0 Å². The molecule has 0 aromatic rings. The third-order valence-corrected chi connectivity index (χ3v) is 3.42. The third-order valence-electron chi connectivity index (χ3n) is 3.42. The highest BCUT2D eigenvalue weighted by Crippen LogP contribution is 2.26. The van der Waals surface area contributed by atoms with Gasteiger partial charge in [-0.15, -0.1) is 6.58 Å². The molecule has 0 radical (unpaired) electrons. The summed E-state index contributed by atoms with van der Waals surface area (Å²) < 4.78 is 0. The SMILES string of the molecule is C=CCC(=O)C(C)(CC)N1CCCC1. The molecule has 2 heteroatoms. The van der Waals surface area contributed by atoms with Crippen molar-refractivity contribution >= 4 is 5.78 Å². The molecular weight excluding hydrogens is 174 g/mol. The van der Waals surface area contributed by atoms with Crippen LogP contribution in [-0.2, 0) is 4.79 Å². The topological polar surface area (TPSA) is 20.3 Å². The number of allylic oxidation sites excluding steroid dienone is 1. The molecule has 0 aromatic heterocycles. The van der Waals surface area contributed by atoms with Crippen LogP contribution in [0.15, 0.2) is 12.7 Å². The number of carbonyl (C=O) groups excluding carboxylic acids is 1. The minimum atomic E-state index is -0.245. The standard InChI is InChI=1S/C12H21NO/c1-4-8-11(14)12(3,5-2)13-9-6-7-10-13/h4H,1,5-10H2,2-3H3. The van der Waals surface area contributed by atoms with Gasteiger partial charge < -0.3 is 0 Å². The number of hydrogen-bond donors (Lipinski definition) is 0. The Kier molecular flexibility index (Phi) is 3.87. The molecule has 1 aliphatic heterocycles. The van der Waals surface area contributed by atoms with Crippen LogP contribution in [0, 0.1) is 0 Å². The van der Waals surface area contributed by atoms with Crippen LogP contribution < -0.4 is 0 Å². The number of Topliss-reactive ketones (excluding diaryl/α,β-unsaturated/α-hetero) is 1. The summed E-state index contributed by atoms with van der Waals surface area (Å²) >= 11 is 0. The zero-order valence-corrected chi connectivity index (χ0v) is 9.38. The second-order valence-electron chi connectivity index (χ2n) is 4.24. The Bertz CT molecular complexity index is 218. The number of likely N-dealkylation sites (tertiary alicyclic amines) is 1. The molecule has 0 amide bonds. The summed E-state index contributed by atoms with van der Waals surface area (Å²) in [7, 11) is 0. The number of rotatable bonds is 5. The molecule has 1 rings (SSSR count). The molecule has 1 unspecified atom stereocenters. The lowest BCUT2D eigenvalue weighted by Crippen LogP contribution is -2.50. The molecular formula is C12H21NO. The Hall–Kier alpha value is -0.630. The van der Waals surface area contributed by atoms with Gasteiger partial charge in [0.25, 0.3) is 0 Å². The van der Waals surface area contributed by atoms with E-state index in [1.54, 1.807) is 6.08 Å². The lowest BCUT2D eigenvalue weighted by atomic mass is 9.89. The Morgan fingerprint density at radius 1 is 1.50 bits per heavy atom. The van der Waals surface area contributed by atoms with Crippen molar-refractivity contribution in [3.05, 3.63) is 12.7 Å². The van der Waals surface area contributed by atoms with Gasteiger partial charge >= 0.3 is 0 Å². The van der Waals surface area contributed by atoms with Gasteiger partial charge in [0.1, 0.15) is 0 Å². The zero-order chi connectivity index (χ0) is 10.6. The summed E-state index contributed by atoms with van der Waals surface area (Å²) in [5, 5.41) is 0. The van der Waals surface area contributed by atoms with Gasteiger partial charge in [-0.05, 0) is 39.3 Å². The minimum Gasteiger partial charge on any atom is -0.297 e. The van der Waals surface area contributed by atoms with Crippen LogP contribution >= 0.6 is 0 Å². The Morgan fingerprint density at radius 2 is 2.07 bits per heavy atom. The average Bonchev–Trinajstić information content (AvgIpc) is 2.70. The summed E-state index contributed by atoms with van der Waals surface area (Å²) in [5.74, 6) is 0.317. The highest BCUT2D eigenvalue weighted by molar-refractivity contribution is 5.89. The second kappa shape index (κ2) is 4.74. The summed E-state index contributed by atoms with van der Waals surface area (Å²) in [6, 6.07) is 0. The summed E-state index contributed by atoms with van der Waals surface area (Å²) in [4.78, 5) is 14.3. The fourth-order valence-electron chi connectivity index (χ4n) is 2.16. The van der Waals surface area contributed by atoms with E-state index in [0.29, 0.717) is 12.2 Å². The van der Waals surface area contributed by atoms with Crippen LogP contribution in [0.4, 0.5) is 0 Å². The largest absolute Gasteiger partial charge is 0.297 e. The summed E-state index contributed by atoms with van der Waals surface area (Å²) in [6.07, 6.45) is 5.58. The van der Waals surface area contributed by atoms with E-state index in [-0.39, 0.29) is 5.54 Å². The Morgan fingerprint density at radius 3 is 2.50 bits per heavy atom. The maximum Gasteiger partial charge on any atom is 0.156 e. The normalized spacial score (nSPS) is 21.9. The van der Waals surface area contributed by atoms with Crippen molar-refractivity contribution in [2.75, 3.05) is 13.1 Å². The van der Waals surface area contributed by atoms with Gasteiger partial charge in [-0.25, -0.2) is 0 Å². The Labute approximate surface area is 87.0 Å². The van der Waals surface area contributed by atoms with Gasteiger partial charge in [0.2, 0.25) is 0 Å². The number of carbonyl (C=O) groups is 1. The zero-order valence-electron chi connectivity index (χ0n) is 9.38. The minimum absolute atomic E-state index is 0.245. The highest BCUT2D eigenvalue weighted by Gasteiger charge is 2.37. The smallest absolute Gasteiger partial charge is 0.156 e. The van der Waals surface area contributed by atoms with Crippen LogP contribution in [0.25, 0.3) is 0 Å². The van der Waals surface area contributed by atoms with Crippen LogP contribution in [0.1, 0.15) is 39.5 Å². The van der Waals surface area contributed by atoms with E-state index < -0.39 is 0 Å². The Balaban J connectivity index is 2.72. The molecule has 0 bridgehead atoms. The fraction of sp³-hybridized carbons (Fsp3) is 0.750. The predicted octanol–water partition coefficient (Wildman–Crippen LogP) is 2.40. The fourth-order valence-corrected chi connectivity index (χ4v) is 2.16. The molecule has 1 saturated heterocycles. The van der Waals surface area contributed by atoms with Crippen molar-refractivity contribution in [2.24, 2.45) is 0 Å². The van der Waals surface area contributed by atoms with Crippen molar-refractivity contribution in [3.8, 4) is 0 Å². The number of hydrogen-bond acceptors (Lipinski definition) is 2.